The Hall–Kier alpha value is -1.35. The number of hydrogen-bond acceptors (Lipinski definition) is 2. The highest BCUT2D eigenvalue weighted by atomic mass is 16.5. The Morgan fingerprint density at radius 1 is 1.33 bits per heavy atom. The highest BCUT2D eigenvalue weighted by Gasteiger charge is 2.45. The van der Waals surface area contributed by atoms with Crippen LogP contribution in [0, 0.1) is 11.3 Å². The predicted octanol–water partition coefficient (Wildman–Crippen LogP) is 3.11. The summed E-state index contributed by atoms with van der Waals surface area (Å²) >= 11 is 0. The molecule has 3 nitrogen and oxygen atoms in total. The van der Waals surface area contributed by atoms with Crippen LogP contribution in [0.25, 0.3) is 0 Å². The minimum Gasteiger partial charge on any atom is -0.385 e. The molecule has 2 atom stereocenters. The van der Waals surface area contributed by atoms with Crippen molar-refractivity contribution in [2.75, 3.05) is 20.3 Å². The lowest BCUT2D eigenvalue weighted by Crippen LogP contribution is -2.46. The van der Waals surface area contributed by atoms with Gasteiger partial charge in [-0.1, -0.05) is 36.8 Å². The summed E-state index contributed by atoms with van der Waals surface area (Å²) in [6, 6.07) is 10.6. The quantitative estimate of drug-likeness (QED) is 0.837. The summed E-state index contributed by atoms with van der Waals surface area (Å²) in [5, 5.41) is 3.20. The summed E-state index contributed by atoms with van der Waals surface area (Å²) in [7, 11) is 1.71. The van der Waals surface area contributed by atoms with E-state index in [1.165, 1.54) is 18.4 Å². The predicted molar refractivity (Wildman–Crippen MR) is 83.1 cm³/mol. The first-order valence-electron chi connectivity index (χ1n) is 8.07. The van der Waals surface area contributed by atoms with Crippen LogP contribution in [-0.4, -0.2) is 26.2 Å². The number of methoxy groups -OCH3 is 1. The van der Waals surface area contributed by atoms with Gasteiger partial charge in [0, 0.05) is 20.3 Å². The van der Waals surface area contributed by atoms with E-state index >= 15 is 0 Å². The van der Waals surface area contributed by atoms with Crippen molar-refractivity contribution in [2.45, 2.75) is 38.0 Å². The Balaban J connectivity index is 1.47. The molecule has 0 aliphatic heterocycles. The molecule has 2 fully saturated rings. The summed E-state index contributed by atoms with van der Waals surface area (Å²) in [5.41, 5.74) is 1.28. The molecule has 0 bridgehead atoms. The number of rotatable bonds is 7. The topological polar surface area (TPSA) is 38.3 Å². The molecule has 1 amide bonds. The van der Waals surface area contributed by atoms with E-state index in [1.54, 1.807) is 7.11 Å². The summed E-state index contributed by atoms with van der Waals surface area (Å²) in [6.07, 6.45) is 5.29. The van der Waals surface area contributed by atoms with Crippen LogP contribution in [0.1, 0.15) is 43.6 Å². The molecule has 0 spiro atoms. The van der Waals surface area contributed by atoms with Gasteiger partial charge in [-0.25, -0.2) is 0 Å². The van der Waals surface area contributed by atoms with Gasteiger partial charge in [-0.3, -0.25) is 4.79 Å². The number of carbonyl (C=O) groups is 1. The van der Waals surface area contributed by atoms with E-state index in [4.69, 9.17) is 4.74 Å². The van der Waals surface area contributed by atoms with Crippen molar-refractivity contribution < 1.29 is 9.53 Å². The largest absolute Gasteiger partial charge is 0.385 e. The molecule has 1 aromatic carbocycles. The zero-order valence-electron chi connectivity index (χ0n) is 12.8. The zero-order valence-corrected chi connectivity index (χ0v) is 12.8. The Morgan fingerprint density at radius 3 is 2.71 bits per heavy atom. The first-order valence-corrected chi connectivity index (χ1v) is 8.07. The summed E-state index contributed by atoms with van der Waals surface area (Å²) in [5.74, 6) is 1.52. The van der Waals surface area contributed by atoms with E-state index in [0.717, 1.165) is 25.8 Å². The van der Waals surface area contributed by atoms with Gasteiger partial charge in [0.25, 0.3) is 0 Å². The fourth-order valence-corrected chi connectivity index (χ4v) is 3.48. The smallest absolute Gasteiger partial charge is 0.226 e. The van der Waals surface area contributed by atoms with E-state index in [-0.39, 0.29) is 11.3 Å². The van der Waals surface area contributed by atoms with Gasteiger partial charge in [-0.05, 0) is 43.1 Å². The van der Waals surface area contributed by atoms with Crippen molar-refractivity contribution in [1.29, 1.82) is 0 Å². The molecule has 0 radical (unpaired) electrons. The van der Waals surface area contributed by atoms with Gasteiger partial charge in [0.15, 0.2) is 0 Å². The number of ether oxygens (including phenoxy) is 1. The third-order valence-electron chi connectivity index (χ3n) is 5.25. The van der Waals surface area contributed by atoms with Crippen LogP contribution in [0.5, 0.6) is 0 Å². The number of amides is 1. The number of benzene rings is 1. The van der Waals surface area contributed by atoms with Gasteiger partial charge < -0.3 is 10.1 Å². The lowest BCUT2D eigenvalue weighted by atomic mass is 9.66. The Morgan fingerprint density at radius 2 is 2.10 bits per heavy atom. The van der Waals surface area contributed by atoms with E-state index < -0.39 is 0 Å². The van der Waals surface area contributed by atoms with Crippen LogP contribution in [0.15, 0.2) is 30.3 Å². The molecule has 2 aliphatic rings. The van der Waals surface area contributed by atoms with Crippen molar-refractivity contribution in [1.82, 2.24) is 5.32 Å². The van der Waals surface area contributed by atoms with Crippen LogP contribution in [0.3, 0.4) is 0 Å². The second-order valence-corrected chi connectivity index (χ2v) is 6.60. The molecule has 1 aromatic rings. The second-order valence-electron chi connectivity index (χ2n) is 6.60. The molecule has 2 aliphatic carbocycles. The molecule has 0 unspecified atom stereocenters. The molecule has 21 heavy (non-hydrogen) atoms. The Labute approximate surface area is 127 Å². The Bertz CT molecular complexity index is 481. The summed E-state index contributed by atoms with van der Waals surface area (Å²) in [4.78, 5) is 12.5. The van der Waals surface area contributed by atoms with Gasteiger partial charge in [-0.2, -0.15) is 0 Å². The third-order valence-corrected chi connectivity index (χ3v) is 5.25. The van der Waals surface area contributed by atoms with E-state index in [9.17, 15) is 4.79 Å². The molecular weight excluding hydrogens is 262 g/mol. The monoisotopic (exact) mass is 287 g/mol. The summed E-state index contributed by atoms with van der Waals surface area (Å²) in [6.45, 7) is 1.51. The molecule has 0 saturated heterocycles. The fraction of sp³-hybridized carbons (Fsp3) is 0.611. The van der Waals surface area contributed by atoms with Gasteiger partial charge >= 0.3 is 0 Å². The van der Waals surface area contributed by atoms with Crippen molar-refractivity contribution >= 4 is 5.91 Å². The first-order chi connectivity index (χ1) is 10.2. The maximum absolute atomic E-state index is 12.5. The first kappa shape index (κ1) is 14.6. The van der Waals surface area contributed by atoms with Gasteiger partial charge in [0.2, 0.25) is 5.91 Å². The molecule has 2 saturated carbocycles. The number of hydrogen-bond donors (Lipinski definition) is 1. The van der Waals surface area contributed by atoms with E-state index in [2.05, 4.69) is 35.6 Å². The summed E-state index contributed by atoms with van der Waals surface area (Å²) < 4.78 is 5.16. The molecule has 3 rings (SSSR count). The van der Waals surface area contributed by atoms with Crippen molar-refractivity contribution in [3.63, 3.8) is 0 Å². The van der Waals surface area contributed by atoms with Gasteiger partial charge in [-0.15, -0.1) is 0 Å². The number of carbonyl (C=O) groups excluding carboxylic acids is 1. The van der Waals surface area contributed by atoms with E-state index in [0.29, 0.717) is 18.4 Å². The zero-order chi connectivity index (χ0) is 14.7. The molecular formula is C18H25NO2. The number of nitrogens with one attached hydrogen (secondary N) is 1. The Kier molecular flexibility index (Phi) is 4.29. The fourth-order valence-electron chi connectivity index (χ4n) is 3.48. The van der Waals surface area contributed by atoms with E-state index in [1.807, 2.05) is 0 Å². The van der Waals surface area contributed by atoms with Crippen molar-refractivity contribution in [2.24, 2.45) is 11.3 Å². The highest BCUT2D eigenvalue weighted by molar-refractivity contribution is 5.83. The van der Waals surface area contributed by atoms with Gasteiger partial charge in [0.1, 0.15) is 0 Å². The van der Waals surface area contributed by atoms with Crippen LogP contribution >= 0.6 is 0 Å². The van der Waals surface area contributed by atoms with Crippen LogP contribution in [-0.2, 0) is 9.53 Å². The standard InChI is InChI=1S/C18H25NO2/c1-21-11-10-18(8-5-9-18)17(20)19-13-15-12-16(15)14-6-3-2-4-7-14/h2-4,6-7,15-16H,5,8-13H2,1H3,(H,19,20)/t15-,16+/m0/s1. The van der Waals surface area contributed by atoms with Gasteiger partial charge in [0.05, 0.1) is 5.41 Å². The maximum Gasteiger partial charge on any atom is 0.226 e. The minimum absolute atomic E-state index is 0.132. The molecule has 0 heterocycles. The molecule has 0 aromatic heterocycles. The van der Waals surface area contributed by atoms with Crippen LogP contribution < -0.4 is 5.32 Å². The average Bonchev–Trinajstić information content (AvgIpc) is 3.25. The average molecular weight is 287 g/mol. The lowest BCUT2D eigenvalue weighted by molar-refractivity contribution is -0.137. The molecule has 1 N–H and O–H groups in total. The minimum atomic E-state index is -0.132. The normalized spacial score (nSPS) is 26.0. The van der Waals surface area contributed by atoms with Crippen molar-refractivity contribution in [3.8, 4) is 0 Å². The lowest BCUT2D eigenvalue weighted by Gasteiger charge is -2.40. The van der Waals surface area contributed by atoms with Crippen LogP contribution in [0.2, 0.25) is 0 Å². The van der Waals surface area contributed by atoms with Crippen LogP contribution in [0.4, 0.5) is 0 Å². The highest BCUT2D eigenvalue weighted by Crippen LogP contribution is 2.48. The SMILES string of the molecule is COCCC1(C(=O)NC[C@@H]2C[C@@H]2c2ccccc2)CCC1. The van der Waals surface area contributed by atoms with Crippen molar-refractivity contribution in [3.05, 3.63) is 35.9 Å². The third kappa shape index (κ3) is 3.13. The molecule has 3 heteroatoms. The maximum atomic E-state index is 12.5. The second kappa shape index (κ2) is 6.18. The molecule has 114 valence electrons.